The van der Waals surface area contributed by atoms with Crippen LogP contribution in [0.4, 0.5) is 5.69 Å². The number of primary amides is 1. The normalized spacial score (nSPS) is 26.0. The number of likely N-dealkylation sites (N-methyl/N-ethyl adjacent to an activating group) is 1. The maximum Gasteiger partial charge on any atom is 0.255 e. The number of nitrogen functional groups attached to an aromatic ring is 1. The molecule has 0 aliphatic heterocycles. The molecular formula is C29H27N3O7. The SMILES string of the molecule is CN(C)[C@H]1C(=O)C(C(N)=O)=C(O)[C@]2(O)C(=O)C3=C(O)c4c(O)ccc(C#Cc5ccc(N)cc5)c4C[C@@H]3C[C@H]12. The van der Waals surface area contributed by atoms with Crippen molar-refractivity contribution in [1.82, 2.24) is 4.90 Å². The maximum absolute atomic E-state index is 13.9. The molecule has 0 aromatic heterocycles. The number of aliphatic hydroxyl groups is 3. The number of hydrogen-bond donors (Lipinski definition) is 6. The van der Waals surface area contributed by atoms with Crippen LogP contribution in [0.5, 0.6) is 5.75 Å². The number of Topliss-reactive ketones (excluding diaryl/α,β-unsaturated/α-hetero) is 2. The number of benzene rings is 2. The van der Waals surface area contributed by atoms with Gasteiger partial charge in [0.25, 0.3) is 5.91 Å². The van der Waals surface area contributed by atoms with E-state index in [1.807, 2.05) is 0 Å². The Labute approximate surface area is 223 Å². The summed E-state index contributed by atoms with van der Waals surface area (Å²) < 4.78 is 0. The quantitative estimate of drug-likeness (QED) is 0.187. The number of rotatable bonds is 2. The number of nitrogens with two attached hydrogens (primary N) is 2. The summed E-state index contributed by atoms with van der Waals surface area (Å²) in [7, 11) is 3.10. The van der Waals surface area contributed by atoms with E-state index in [2.05, 4.69) is 11.8 Å². The van der Waals surface area contributed by atoms with Crippen molar-refractivity contribution >= 4 is 28.9 Å². The minimum Gasteiger partial charge on any atom is -0.508 e. The Balaban J connectivity index is 1.68. The average Bonchev–Trinajstić information content (AvgIpc) is 2.86. The lowest BCUT2D eigenvalue weighted by Crippen LogP contribution is -2.65. The molecule has 0 bridgehead atoms. The van der Waals surface area contributed by atoms with Gasteiger partial charge in [0, 0.05) is 28.3 Å². The molecule has 0 radical (unpaired) electrons. The van der Waals surface area contributed by atoms with Gasteiger partial charge in [-0.3, -0.25) is 19.3 Å². The number of ketones is 2. The van der Waals surface area contributed by atoms with Gasteiger partial charge >= 0.3 is 0 Å². The number of anilines is 1. The highest BCUT2D eigenvalue weighted by atomic mass is 16.3. The molecule has 1 amide bonds. The molecule has 0 heterocycles. The first kappa shape index (κ1) is 26.0. The Kier molecular flexibility index (Phi) is 6.01. The van der Waals surface area contributed by atoms with E-state index in [1.165, 1.54) is 11.0 Å². The highest BCUT2D eigenvalue weighted by Gasteiger charge is 2.64. The predicted molar refractivity (Wildman–Crippen MR) is 141 cm³/mol. The molecule has 3 aliphatic carbocycles. The van der Waals surface area contributed by atoms with Crippen LogP contribution in [0.2, 0.25) is 0 Å². The van der Waals surface area contributed by atoms with Gasteiger partial charge in [-0.25, -0.2) is 0 Å². The number of fused-ring (bicyclic) bond motifs is 3. The van der Waals surface area contributed by atoms with Gasteiger partial charge < -0.3 is 31.9 Å². The zero-order valence-electron chi connectivity index (χ0n) is 21.2. The van der Waals surface area contributed by atoms with Gasteiger partial charge in [-0.05, 0) is 74.8 Å². The molecule has 3 aliphatic rings. The standard InChI is InChI=1S/C29H27N3O7/c1-32(2)23-18-12-15-11-17-14(6-3-13-4-8-16(30)9-5-13)7-10-19(33)21(17)24(34)20(15)26(36)29(18,39)27(37)22(25(23)35)28(31)38/h4-5,7-10,15,18,23,33-34,37,39H,11-12,30H2,1-2H3,(H2,31,38)/t15-,18-,23-,29-/m1/s1. The Morgan fingerprint density at radius 3 is 2.33 bits per heavy atom. The molecule has 39 heavy (non-hydrogen) atoms. The summed E-state index contributed by atoms with van der Waals surface area (Å²) in [5.41, 5.74) is 9.65. The van der Waals surface area contributed by atoms with Crippen molar-refractivity contribution < 1.29 is 34.8 Å². The number of carbonyl (C=O) groups excluding carboxylic acids is 3. The Morgan fingerprint density at radius 1 is 1.05 bits per heavy atom. The van der Waals surface area contributed by atoms with Crippen LogP contribution in [-0.4, -0.2) is 68.5 Å². The second-order valence-corrected chi connectivity index (χ2v) is 10.3. The molecule has 200 valence electrons. The van der Waals surface area contributed by atoms with E-state index in [4.69, 9.17) is 11.5 Å². The molecule has 8 N–H and O–H groups in total. The van der Waals surface area contributed by atoms with Crippen LogP contribution in [0.25, 0.3) is 5.76 Å². The second-order valence-electron chi connectivity index (χ2n) is 10.3. The van der Waals surface area contributed by atoms with E-state index in [-0.39, 0.29) is 29.7 Å². The van der Waals surface area contributed by atoms with E-state index < -0.39 is 58.0 Å². The zero-order valence-corrected chi connectivity index (χ0v) is 21.2. The lowest BCUT2D eigenvalue weighted by Gasteiger charge is -2.50. The first-order valence-electron chi connectivity index (χ1n) is 12.2. The van der Waals surface area contributed by atoms with E-state index in [1.54, 1.807) is 44.4 Å². The van der Waals surface area contributed by atoms with E-state index in [0.29, 0.717) is 22.4 Å². The van der Waals surface area contributed by atoms with Gasteiger partial charge in [-0.2, -0.15) is 0 Å². The fraction of sp³-hybridized carbons (Fsp3) is 0.276. The smallest absolute Gasteiger partial charge is 0.255 e. The average molecular weight is 530 g/mol. The van der Waals surface area contributed by atoms with Crippen LogP contribution < -0.4 is 11.5 Å². The zero-order chi connectivity index (χ0) is 28.4. The molecule has 0 spiro atoms. The summed E-state index contributed by atoms with van der Waals surface area (Å²) >= 11 is 0. The number of phenols is 1. The predicted octanol–water partition coefficient (Wildman–Crippen LogP) is 0.946. The van der Waals surface area contributed by atoms with Crippen molar-refractivity contribution in [3.8, 4) is 17.6 Å². The Hall–Kier alpha value is -4.59. The first-order valence-corrected chi connectivity index (χ1v) is 12.2. The molecule has 0 saturated heterocycles. The minimum atomic E-state index is -2.67. The van der Waals surface area contributed by atoms with Crippen molar-refractivity contribution in [2.75, 3.05) is 19.8 Å². The molecular weight excluding hydrogens is 502 g/mol. The van der Waals surface area contributed by atoms with Crippen LogP contribution in [-0.2, 0) is 20.8 Å². The van der Waals surface area contributed by atoms with Crippen LogP contribution in [0.15, 0.2) is 53.3 Å². The van der Waals surface area contributed by atoms with Gasteiger partial charge in [-0.15, -0.1) is 0 Å². The Morgan fingerprint density at radius 2 is 1.72 bits per heavy atom. The summed E-state index contributed by atoms with van der Waals surface area (Å²) in [6, 6.07) is 8.75. The fourth-order valence-corrected chi connectivity index (χ4v) is 6.07. The molecule has 1 saturated carbocycles. The molecule has 4 atom stereocenters. The van der Waals surface area contributed by atoms with Gasteiger partial charge in [0.1, 0.15) is 22.8 Å². The maximum atomic E-state index is 13.9. The van der Waals surface area contributed by atoms with Crippen molar-refractivity contribution in [3.63, 3.8) is 0 Å². The molecule has 1 fully saturated rings. The topological polar surface area (TPSA) is 187 Å². The van der Waals surface area contributed by atoms with Crippen LogP contribution in [0.1, 0.15) is 28.7 Å². The van der Waals surface area contributed by atoms with Crippen LogP contribution in [0.3, 0.4) is 0 Å². The number of nitrogens with zero attached hydrogens (tertiary/aromatic N) is 1. The third kappa shape index (κ3) is 3.78. The Bertz CT molecular complexity index is 1580. The molecule has 2 aromatic rings. The van der Waals surface area contributed by atoms with Gasteiger partial charge in [0.05, 0.1) is 11.6 Å². The molecule has 0 unspecified atom stereocenters. The highest BCUT2D eigenvalue weighted by molar-refractivity contribution is 6.24. The lowest BCUT2D eigenvalue weighted by atomic mass is 9.57. The molecule has 2 aromatic carbocycles. The van der Waals surface area contributed by atoms with E-state index in [0.717, 1.165) is 0 Å². The molecule has 10 heteroatoms. The van der Waals surface area contributed by atoms with Crippen molar-refractivity contribution in [3.05, 3.63) is 75.6 Å². The lowest BCUT2D eigenvalue weighted by molar-refractivity contribution is -0.153. The third-order valence-electron chi connectivity index (χ3n) is 7.86. The number of phenolic OH excluding ortho intramolecular Hbond substituents is 1. The van der Waals surface area contributed by atoms with Crippen molar-refractivity contribution in [2.45, 2.75) is 24.5 Å². The summed E-state index contributed by atoms with van der Waals surface area (Å²) in [6.45, 7) is 0. The summed E-state index contributed by atoms with van der Waals surface area (Å²) in [5.74, 6) is -0.833. The summed E-state index contributed by atoms with van der Waals surface area (Å²) in [5, 5.41) is 44.5. The monoisotopic (exact) mass is 529 g/mol. The number of hydrogen-bond acceptors (Lipinski definition) is 9. The molecule has 10 nitrogen and oxygen atoms in total. The van der Waals surface area contributed by atoms with Gasteiger partial charge in [0.15, 0.2) is 11.4 Å². The van der Waals surface area contributed by atoms with Crippen molar-refractivity contribution in [2.24, 2.45) is 17.6 Å². The number of amides is 1. The van der Waals surface area contributed by atoms with Gasteiger partial charge in [0.2, 0.25) is 5.78 Å². The summed E-state index contributed by atoms with van der Waals surface area (Å²) in [6.07, 6.45) is 0.168. The van der Waals surface area contributed by atoms with E-state index in [9.17, 15) is 34.8 Å². The minimum absolute atomic E-state index is 0.00426. The van der Waals surface area contributed by atoms with Crippen LogP contribution >= 0.6 is 0 Å². The number of aliphatic hydroxyl groups excluding tert-OH is 2. The first-order chi connectivity index (χ1) is 18.4. The van der Waals surface area contributed by atoms with Crippen molar-refractivity contribution in [1.29, 1.82) is 0 Å². The van der Waals surface area contributed by atoms with Crippen LogP contribution in [0, 0.1) is 23.7 Å². The second kappa shape index (κ2) is 9.01. The molecule has 5 rings (SSSR count). The third-order valence-corrected chi connectivity index (χ3v) is 7.86. The number of aromatic hydroxyl groups is 1. The van der Waals surface area contributed by atoms with E-state index >= 15 is 0 Å². The number of carbonyl (C=O) groups is 3. The largest absolute Gasteiger partial charge is 0.508 e. The fourth-order valence-electron chi connectivity index (χ4n) is 6.07. The highest BCUT2D eigenvalue weighted by Crippen LogP contribution is 2.52. The van der Waals surface area contributed by atoms with Gasteiger partial charge in [-0.1, -0.05) is 11.8 Å². The summed E-state index contributed by atoms with van der Waals surface area (Å²) in [4.78, 5) is 40.6.